The van der Waals surface area contributed by atoms with E-state index < -0.39 is 12.0 Å². The lowest BCUT2D eigenvalue weighted by atomic mass is 9.82. The number of amides is 1. The molecule has 3 atom stereocenters. The first-order valence-electron chi connectivity index (χ1n) is 11.4. The number of aromatic amines is 1. The maximum atomic E-state index is 12.5. The molecule has 33 heavy (non-hydrogen) atoms. The molecule has 8 nitrogen and oxygen atoms in total. The normalized spacial score (nSPS) is 21.1. The summed E-state index contributed by atoms with van der Waals surface area (Å²) in [6.07, 6.45) is 2.74. The fourth-order valence-corrected chi connectivity index (χ4v) is 5.37. The van der Waals surface area contributed by atoms with E-state index in [0.717, 1.165) is 23.0 Å². The summed E-state index contributed by atoms with van der Waals surface area (Å²) in [5, 5.41) is 13.9. The Labute approximate surface area is 191 Å². The summed E-state index contributed by atoms with van der Waals surface area (Å²) in [7, 11) is 0. The number of likely N-dealkylation sites (tertiary alicyclic amines) is 1. The number of H-pyrrole nitrogens is 1. The van der Waals surface area contributed by atoms with E-state index in [0.29, 0.717) is 30.9 Å². The van der Waals surface area contributed by atoms with Crippen molar-refractivity contribution in [2.75, 3.05) is 18.4 Å². The number of nitrogens with one attached hydrogen (secondary N) is 2. The first kappa shape index (κ1) is 21.5. The van der Waals surface area contributed by atoms with E-state index in [1.807, 2.05) is 47.6 Å². The average Bonchev–Trinajstić information content (AvgIpc) is 3.17. The van der Waals surface area contributed by atoms with Gasteiger partial charge in [0, 0.05) is 71.6 Å². The number of hydrogen-bond donors (Lipinski definition) is 3. The molecule has 0 radical (unpaired) electrons. The molecule has 8 heteroatoms. The van der Waals surface area contributed by atoms with Gasteiger partial charge in [-0.1, -0.05) is 26.0 Å². The number of carbonyl (C=O) groups is 2. The predicted molar refractivity (Wildman–Crippen MR) is 125 cm³/mol. The fraction of sp³-hybridized carbons (Fsp3) is 0.400. The lowest BCUT2D eigenvalue weighted by Gasteiger charge is -2.44. The number of rotatable bonds is 5. The summed E-state index contributed by atoms with van der Waals surface area (Å²) >= 11 is 0. The van der Waals surface area contributed by atoms with Crippen LogP contribution in [0.15, 0.2) is 47.4 Å². The van der Waals surface area contributed by atoms with Crippen molar-refractivity contribution in [1.82, 2.24) is 14.5 Å². The quantitative estimate of drug-likeness (QED) is 0.556. The van der Waals surface area contributed by atoms with Crippen LogP contribution < -0.4 is 10.9 Å². The summed E-state index contributed by atoms with van der Waals surface area (Å²) in [4.78, 5) is 42.1. The third-order valence-electron chi connectivity index (χ3n) is 6.91. The summed E-state index contributed by atoms with van der Waals surface area (Å²) < 4.78 is 1.85. The number of carbonyl (C=O) groups excluding carboxylic acids is 1. The molecule has 172 valence electrons. The highest BCUT2D eigenvalue weighted by Gasteiger charge is 2.40. The summed E-state index contributed by atoms with van der Waals surface area (Å²) in [6, 6.07) is 10.1. The number of pyridine rings is 1. The topological polar surface area (TPSA) is 107 Å². The third-order valence-corrected chi connectivity index (χ3v) is 6.91. The van der Waals surface area contributed by atoms with E-state index in [1.54, 1.807) is 18.3 Å². The van der Waals surface area contributed by atoms with Crippen molar-refractivity contribution in [3.8, 4) is 0 Å². The van der Waals surface area contributed by atoms with Crippen LogP contribution in [0.4, 0.5) is 5.69 Å². The van der Waals surface area contributed by atoms with Crippen LogP contribution in [0, 0.1) is 11.8 Å². The van der Waals surface area contributed by atoms with Crippen molar-refractivity contribution in [3.05, 3.63) is 64.2 Å². The number of anilines is 1. The summed E-state index contributed by atoms with van der Waals surface area (Å²) in [5.41, 5.74) is 3.19. The van der Waals surface area contributed by atoms with Crippen molar-refractivity contribution in [2.45, 2.75) is 38.8 Å². The van der Waals surface area contributed by atoms with Gasteiger partial charge in [-0.3, -0.25) is 19.3 Å². The summed E-state index contributed by atoms with van der Waals surface area (Å²) in [6.45, 7) is 5.51. The van der Waals surface area contributed by atoms with Crippen molar-refractivity contribution < 1.29 is 14.7 Å². The largest absolute Gasteiger partial charge is 0.480 e. The molecular formula is C25H28N4O4. The number of carboxylic acid groups (broad SMARTS) is 1. The second-order valence-electron chi connectivity index (χ2n) is 9.54. The summed E-state index contributed by atoms with van der Waals surface area (Å²) in [5.74, 6) is -0.712. The molecule has 4 heterocycles. The zero-order chi connectivity index (χ0) is 23.3. The third kappa shape index (κ3) is 3.84. The zero-order valence-electron chi connectivity index (χ0n) is 18.7. The van der Waals surface area contributed by atoms with Crippen molar-refractivity contribution in [1.29, 1.82) is 0 Å². The molecule has 1 aromatic carbocycles. The van der Waals surface area contributed by atoms with Crippen LogP contribution >= 0.6 is 0 Å². The molecule has 5 rings (SSSR count). The van der Waals surface area contributed by atoms with E-state index in [-0.39, 0.29) is 29.2 Å². The van der Waals surface area contributed by atoms with E-state index in [9.17, 15) is 19.5 Å². The molecule has 2 aromatic heterocycles. The molecule has 0 spiro atoms. The molecule has 1 amide bonds. The molecule has 2 aliphatic rings. The molecule has 1 fully saturated rings. The minimum Gasteiger partial charge on any atom is -0.480 e. The Morgan fingerprint density at radius 1 is 1.15 bits per heavy atom. The first-order valence-corrected chi connectivity index (χ1v) is 11.4. The van der Waals surface area contributed by atoms with Crippen LogP contribution in [0.1, 0.15) is 43.5 Å². The molecule has 0 unspecified atom stereocenters. The van der Waals surface area contributed by atoms with Gasteiger partial charge < -0.3 is 20.0 Å². The Kier molecular flexibility index (Phi) is 5.32. The maximum absolute atomic E-state index is 12.5. The van der Waals surface area contributed by atoms with Crippen molar-refractivity contribution in [2.24, 2.45) is 11.8 Å². The number of fused-ring (bicyclic) bond motifs is 5. The zero-order valence-corrected chi connectivity index (χ0v) is 18.7. The lowest BCUT2D eigenvalue weighted by molar-refractivity contribution is -0.144. The van der Waals surface area contributed by atoms with E-state index in [4.69, 9.17) is 0 Å². The van der Waals surface area contributed by atoms with Gasteiger partial charge in [0.25, 0.3) is 5.56 Å². The number of nitrogens with zero attached hydrogens (tertiary/aromatic N) is 2. The van der Waals surface area contributed by atoms with Gasteiger partial charge in [0.2, 0.25) is 5.91 Å². The van der Waals surface area contributed by atoms with Crippen LogP contribution in [-0.2, 0) is 16.1 Å². The van der Waals surface area contributed by atoms with Crippen LogP contribution in [-0.4, -0.2) is 44.5 Å². The van der Waals surface area contributed by atoms with Gasteiger partial charge in [-0.15, -0.1) is 0 Å². The maximum Gasteiger partial charge on any atom is 0.325 e. The fourth-order valence-electron chi connectivity index (χ4n) is 5.37. The van der Waals surface area contributed by atoms with E-state index in [1.165, 1.54) is 0 Å². The second-order valence-corrected chi connectivity index (χ2v) is 9.54. The van der Waals surface area contributed by atoms with Gasteiger partial charge in [0.15, 0.2) is 0 Å². The minimum atomic E-state index is -0.890. The lowest BCUT2D eigenvalue weighted by Crippen LogP contribution is -2.49. The predicted octanol–water partition coefficient (Wildman–Crippen LogP) is 3.17. The number of benzene rings is 1. The number of carboxylic acids is 1. The van der Waals surface area contributed by atoms with Crippen LogP contribution in [0.5, 0.6) is 0 Å². The Bertz CT molecular complexity index is 1290. The number of piperidine rings is 1. The molecule has 2 aliphatic heterocycles. The molecule has 1 saturated heterocycles. The highest BCUT2D eigenvalue weighted by atomic mass is 16.4. The highest BCUT2D eigenvalue weighted by Crippen LogP contribution is 2.39. The molecule has 0 saturated carbocycles. The van der Waals surface area contributed by atoms with Gasteiger partial charge in [-0.05, 0) is 30.5 Å². The minimum absolute atomic E-state index is 0.0161. The molecule has 3 aromatic rings. The van der Waals surface area contributed by atoms with Crippen LogP contribution in [0.3, 0.4) is 0 Å². The van der Waals surface area contributed by atoms with Crippen molar-refractivity contribution >= 4 is 28.5 Å². The van der Waals surface area contributed by atoms with E-state index in [2.05, 4.69) is 10.3 Å². The van der Waals surface area contributed by atoms with Crippen molar-refractivity contribution in [3.63, 3.8) is 0 Å². The molecule has 3 N–H and O–H groups in total. The molecule has 0 aliphatic carbocycles. The monoisotopic (exact) mass is 448 g/mol. The Morgan fingerprint density at radius 2 is 1.97 bits per heavy atom. The second kappa shape index (κ2) is 8.19. The van der Waals surface area contributed by atoms with Gasteiger partial charge in [0.1, 0.15) is 6.04 Å². The standard InChI is InChI=1S/C25H28N4O4/c1-14(2)24(31)27-17-6-7-18-19(10-26-20(18)9-17)23(25(32)33)28-11-15-8-16(13-28)21-4-3-5-22(30)29(21)12-15/h3-7,9-10,14-16,23,26H,8,11-13H2,1-2H3,(H,27,31)(H,32,33)/t15-,16+,23-/m1/s1. The average molecular weight is 449 g/mol. The highest BCUT2D eigenvalue weighted by molar-refractivity contribution is 5.96. The Balaban J connectivity index is 1.46. The Morgan fingerprint density at radius 3 is 2.73 bits per heavy atom. The number of aliphatic carboxylic acids is 1. The Hall–Kier alpha value is -3.39. The van der Waals surface area contributed by atoms with Gasteiger partial charge in [-0.25, -0.2) is 0 Å². The van der Waals surface area contributed by atoms with Gasteiger partial charge in [-0.2, -0.15) is 0 Å². The first-order chi connectivity index (χ1) is 15.8. The van der Waals surface area contributed by atoms with Gasteiger partial charge in [0.05, 0.1) is 0 Å². The molecular weight excluding hydrogens is 420 g/mol. The smallest absolute Gasteiger partial charge is 0.325 e. The van der Waals surface area contributed by atoms with Crippen LogP contribution in [0.25, 0.3) is 10.9 Å². The number of aromatic nitrogens is 2. The molecule has 2 bridgehead atoms. The van der Waals surface area contributed by atoms with E-state index >= 15 is 0 Å². The number of hydrogen-bond acceptors (Lipinski definition) is 4. The SMILES string of the molecule is CC(C)C(=O)Nc1ccc2c([C@H](C(=O)O)N3C[C@H]4C[C@@H](C3)c3cccc(=O)n3C4)c[nH]c2c1. The van der Waals surface area contributed by atoms with Crippen LogP contribution in [0.2, 0.25) is 0 Å². The van der Waals surface area contributed by atoms with Gasteiger partial charge >= 0.3 is 5.97 Å².